The molecule has 26 heavy (non-hydrogen) atoms. The average molecular weight is 354 g/mol. The fourth-order valence-electron chi connectivity index (χ4n) is 2.95. The fourth-order valence-corrected chi connectivity index (χ4v) is 2.95. The number of aryl methyl sites for hydroxylation is 1. The Balaban J connectivity index is 0.00000117. The zero-order chi connectivity index (χ0) is 18.9. The molecule has 2 aromatic carbocycles. The highest BCUT2D eigenvalue weighted by Crippen LogP contribution is 2.14. The largest absolute Gasteiger partial charge is 0.322 e. The maximum atomic E-state index is 12.3. The fraction of sp³-hybridized carbons (Fsp3) is 0.409. The number of benzene rings is 2. The van der Waals surface area contributed by atoms with E-state index in [2.05, 4.69) is 34.3 Å². The Morgan fingerprint density at radius 2 is 1.65 bits per heavy atom. The molecule has 0 bridgehead atoms. The number of likely N-dealkylation sites (N-methyl/N-ethyl adjacent to an activating group) is 1. The smallest absolute Gasteiger partial charge is 0.255 e. The molecule has 4 nitrogen and oxygen atoms in total. The minimum atomic E-state index is -0.0643. The molecule has 1 N–H and O–H groups in total. The molecule has 4 heteroatoms. The van der Waals surface area contributed by atoms with Gasteiger partial charge in [-0.1, -0.05) is 43.7 Å². The van der Waals surface area contributed by atoms with Crippen molar-refractivity contribution in [2.24, 2.45) is 0 Å². The van der Waals surface area contributed by atoms with E-state index in [0.717, 1.165) is 44.0 Å². The second kappa shape index (κ2) is 10.1. The van der Waals surface area contributed by atoms with Crippen LogP contribution in [-0.4, -0.2) is 48.9 Å². The summed E-state index contributed by atoms with van der Waals surface area (Å²) in [6.45, 7) is 11.4. The minimum Gasteiger partial charge on any atom is -0.322 e. The highest BCUT2D eigenvalue weighted by Gasteiger charge is 2.13. The molecule has 0 spiro atoms. The number of carbonyl (C=O) groups is 1. The molecule has 1 aliphatic heterocycles. The van der Waals surface area contributed by atoms with Crippen LogP contribution in [0.15, 0.2) is 48.5 Å². The van der Waals surface area contributed by atoms with E-state index < -0.39 is 0 Å². The maximum absolute atomic E-state index is 12.3. The summed E-state index contributed by atoms with van der Waals surface area (Å²) in [7, 11) is 2.17. The van der Waals surface area contributed by atoms with E-state index in [-0.39, 0.29) is 5.91 Å². The third-order valence-corrected chi connectivity index (χ3v) is 4.49. The van der Waals surface area contributed by atoms with Gasteiger partial charge in [0.2, 0.25) is 0 Å². The van der Waals surface area contributed by atoms with Crippen molar-refractivity contribution in [2.45, 2.75) is 27.3 Å². The van der Waals surface area contributed by atoms with Gasteiger partial charge in [-0.25, -0.2) is 0 Å². The molecule has 0 aromatic heterocycles. The van der Waals surface area contributed by atoms with E-state index in [1.165, 1.54) is 5.56 Å². The first kappa shape index (κ1) is 20.1. The van der Waals surface area contributed by atoms with Gasteiger partial charge in [-0.2, -0.15) is 0 Å². The minimum absolute atomic E-state index is 0.0643. The highest BCUT2D eigenvalue weighted by atomic mass is 16.1. The summed E-state index contributed by atoms with van der Waals surface area (Å²) in [6, 6.07) is 15.8. The number of hydrogen-bond acceptors (Lipinski definition) is 3. The topological polar surface area (TPSA) is 35.6 Å². The van der Waals surface area contributed by atoms with Gasteiger partial charge in [0.15, 0.2) is 0 Å². The summed E-state index contributed by atoms with van der Waals surface area (Å²) in [6.07, 6.45) is 0. The van der Waals surface area contributed by atoms with Crippen LogP contribution in [0.4, 0.5) is 5.69 Å². The van der Waals surface area contributed by atoms with Gasteiger partial charge in [0.25, 0.3) is 5.91 Å². The van der Waals surface area contributed by atoms with Crippen LogP contribution in [0.2, 0.25) is 0 Å². The van der Waals surface area contributed by atoms with Crippen LogP contribution in [0.3, 0.4) is 0 Å². The first-order valence-corrected chi connectivity index (χ1v) is 9.48. The third-order valence-electron chi connectivity index (χ3n) is 4.49. The molecular weight excluding hydrogens is 322 g/mol. The van der Waals surface area contributed by atoms with Crippen molar-refractivity contribution >= 4 is 11.6 Å². The lowest BCUT2D eigenvalue weighted by Gasteiger charge is -2.32. The van der Waals surface area contributed by atoms with Crippen molar-refractivity contribution < 1.29 is 4.79 Å². The first-order chi connectivity index (χ1) is 12.6. The number of nitrogens with one attached hydrogen (secondary N) is 1. The summed E-state index contributed by atoms with van der Waals surface area (Å²) >= 11 is 0. The van der Waals surface area contributed by atoms with Crippen LogP contribution in [0, 0.1) is 6.92 Å². The van der Waals surface area contributed by atoms with Crippen LogP contribution in [0.5, 0.6) is 0 Å². The molecule has 1 heterocycles. The molecule has 1 amide bonds. The van der Waals surface area contributed by atoms with Gasteiger partial charge >= 0.3 is 0 Å². The molecule has 0 aliphatic carbocycles. The molecule has 0 saturated carbocycles. The van der Waals surface area contributed by atoms with Gasteiger partial charge in [0, 0.05) is 44.0 Å². The van der Waals surface area contributed by atoms with Crippen molar-refractivity contribution in [1.29, 1.82) is 0 Å². The van der Waals surface area contributed by atoms with Crippen LogP contribution in [-0.2, 0) is 6.54 Å². The number of amides is 1. The molecule has 140 valence electrons. The maximum Gasteiger partial charge on any atom is 0.255 e. The standard InChI is InChI=1S/C20H25N3O.C2H6/c1-16-4-3-5-18(14-16)20(24)21-19-8-6-17(7-9-19)15-23-12-10-22(2)11-13-23;1-2/h3-9,14H,10-13,15H2,1-2H3,(H,21,24);1-2H3. The SMILES string of the molecule is CC.Cc1cccc(C(=O)Nc2ccc(CN3CCN(C)CC3)cc2)c1. The molecule has 3 rings (SSSR count). The molecular formula is C22H31N3O. The molecule has 0 radical (unpaired) electrons. The first-order valence-electron chi connectivity index (χ1n) is 9.48. The van der Waals surface area contributed by atoms with E-state index in [0.29, 0.717) is 5.56 Å². The highest BCUT2D eigenvalue weighted by molar-refractivity contribution is 6.04. The van der Waals surface area contributed by atoms with E-state index in [9.17, 15) is 4.79 Å². The quantitative estimate of drug-likeness (QED) is 0.902. The second-order valence-electron chi connectivity index (χ2n) is 6.60. The Bertz CT molecular complexity index is 689. The van der Waals surface area contributed by atoms with E-state index >= 15 is 0 Å². The van der Waals surface area contributed by atoms with Crippen LogP contribution in [0.1, 0.15) is 35.3 Å². The van der Waals surface area contributed by atoms with Crippen LogP contribution in [0.25, 0.3) is 0 Å². The summed E-state index contributed by atoms with van der Waals surface area (Å²) in [5.74, 6) is -0.0643. The monoisotopic (exact) mass is 353 g/mol. The van der Waals surface area contributed by atoms with Crippen molar-refractivity contribution in [3.8, 4) is 0 Å². The zero-order valence-electron chi connectivity index (χ0n) is 16.5. The number of nitrogens with zero attached hydrogens (tertiary/aromatic N) is 2. The van der Waals surface area contributed by atoms with Gasteiger partial charge < -0.3 is 10.2 Å². The summed E-state index contributed by atoms with van der Waals surface area (Å²) in [5, 5.41) is 2.96. The molecule has 2 aromatic rings. The second-order valence-corrected chi connectivity index (χ2v) is 6.60. The summed E-state index contributed by atoms with van der Waals surface area (Å²) in [5.41, 5.74) is 3.90. The Kier molecular flexibility index (Phi) is 7.82. The summed E-state index contributed by atoms with van der Waals surface area (Å²) in [4.78, 5) is 17.1. The molecule has 1 aliphatic rings. The molecule has 1 saturated heterocycles. The number of carbonyl (C=O) groups excluding carboxylic acids is 1. The Morgan fingerprint density at radius 3 is 2.27 bits per heavy atom. The lowest BCUT2D eigenvalue weighted by atomic mass is 10.1. The van der Waals surface area contributed by atoms with Gasteiger partial charge in [0.1, 0.15) is 0 Å². The van der Waals surface area contributed by atoms with Crippen molar-refractivity contribution in [2.75, 3.05) is 38.5 Å². The molecule has 0 atom stereocenters. The van der Waals surface area contributed by atoms with Crippen molar-refractivity contribution in [3.63, 3.8) is 0 Å². The van der Waals surface area contributed by atoms with Gasteiger partial charge in [-0.15, -0.1) is 0 Å². The molecule has 1 fully saturated rings. The number of piperazine rings is 1. The van der Waals surface area contributed by atoms with Crippen LogP contribution < -0.4 is 5.32 Å². The zero-order valence-corrected chi connectivity index (χ0v) is 16.5. The number of rotatable bonds is 4. The van der Waals surface area contributed by atoms with Crippen molar-refractivity contribution in [1.82, 2.24) is 9.80 Å². The van der Waals surface area contributed by atoms with E-state index in [4.69, 9.17) is 0 Å². The van der Waals surface area contributed by atoms with Crippen molar-refractivity contribution in [3.05, 3.63) is 65.2 Å². The molecule has 0 unspecified atom stereocenters. The lowest BCUT2D eigenvalue weighted by Crippen LogP contribution is -2.43. The third kappa shape index (κ3) is 5.97. The van der Waals surface area contributed by atoms with E-state index in [1.807, 2.05) is 57.2 Å². The number of hydrogen-bond donors (Lipinski definition) is 1. The average Bonchev–Trinajstić information content (AvgIpc) is 2.67. The lowest BCUT2D eigenvalue weighted by molar-refractivity contribution is 0.102. The van der Waals surface area contributed by atoms with E-state index in [1.54, 1.807) is 0 Å². The van der Waals surface area contributed by atoms with Gasteiger partial charge in [-0.05, 0) is 43.8 Å². The van der Waals surface area contributed by atoms with Crippen LogP contribution >= 0.6 is 0 Å². The van der Waals surface area contributed by atoms with Gasteiger partial charge in [-0.3, -0.25) is 9.69 Å². The summed E-state index contributed by atoms with van der Waals surface area (Å²) < 4.78 is 0. The predicted octanol–water partition coefficient (Wildman–Crippen LogP) is 4.02. The van der Waals surface area contributed by atoms with Gasteiger partial charge in [0.05, 0.1) is 0 Å². The number of anilines is 1. The Morgan fingerprint density at radius 1 is 1.00 bits per heavy atom. The predicted molar refractivity (Wildman–Crippen MR) is 110 cm³/mol. The Hall–Kier alpha value is -2.17. The Labute approximate surface area is 157 Å². The normalized spacial score (nSPS) is 15.1.